The van der Waals surface area contributed by atoms with E-state index in [9.17, 15) is 0 Å². The number of benzene rings is 1. The molecule has 20 heavy (non-hydrogen) atoms. The summed E-state index contributed by atoms with van der Waals surface area (Å²) in [6.45, 7) is 7.21. The first-order valence-electron chi connectivity index (χ1n) is 6.73. The van der Waals surface area contributed by atoms with Gasteiger partial charge < -0.3 is 5.32 Å². The Morgan fingerprint density at radius 2 is 1.90 bits per heavy atom. The minimum Gasteiger partial charge on any atom is -0.306 e. The molecule has 3 nitrogen and oxygen atoms in total. The second-order valence-corrected chi connectivity index (χ2v) is 6.69. The molecule has 1 aromatic heterocycles. The van der Waals surface area contributed by atoms with Gasteiger partial charge in [-0.15, -0.1) is 0 Å². The summed E-state index contributed by atoms with van der Waals surface area (Å²) >= 11 is 3.56. The van der Waals surface area contributed by atoms with E-state index in [2.05, 4.69) is 58.1 Å². The Morgan fingerprint density at radius 3 is 2.60 bits per heavy atom. The summed E-state index contributed by atoms with van der Waals surface area (Å²) in [4.78, 5) is 8.98. The van der Waals surface area contributed by atoms with Gasteiger partial charge in [0.2, 0.25) is 0 Å². The number of hydrogen-bond donors (Lipinski definition) is 1. The topological polar surface area (TPSA) is 37.8 Å². The van der Waals surface area contributed by atoms with Gasteiger partial charge in [-0.25, -0.2) is 9.97 Å². The van der Waals surface area contributed by atoms with E-state index in [4.69, 9.17) is 0 Å². The number of halogens is 1. The van der Waals surface area contributed by atoms with Crippen LogP contribution in [0.1, 0.15) is 37.9 Å². The van der Waals surface area contributed by atoms with Crippen molar-refractivity contribution in [1.82, 2.24) is 15.3 Å². The first-order chi connectivity index (χ1) is 9.44. The maximum Gasteiger partial charge on any atom is 0.132 e. The third-order valence-corrected chi connectivity index (χ3v) is 3.64. The molecule has 0 aliphatic rings. The highest BCUT2D eigenvalue weighted by atomic mass is 79.9. The maximum atomic E-state index is 4.62. The van der Waals surface area contributed by atoms with Gasteiger partial charge in [0.05, 0.1) is 5.69 Å². The maximum absolute atomic E-state index is 4.62. The summed E-state index contributed by atoms with van der Waals surface area (Å²) in [5.41, 5.74) is 2.32. The van der Waals surface area contributed by atoms with Crippen LogP contribution >= 0.6 is 15.9 Å². The molecule has 0 spiro atoms. The molecule has 0 fully saturated rings. The fraction of sp³-hybridized carbons (Fsp3) is 0.375. The molecule has 0 aliphatic heterocycles. The van der Waals surface area contributed by atoms with E-state index in [1.54, 1.807) is 0 Å². The van der Waals surface area contributed by atoms with E-state index in [-0.39, 0.29) is 5.54 Å². The predicted octanol–water partition coefficient (Wildman–Crippen LogP) is 3.72. The SMILES string of the molecule is CC(C)(C)NCc1ccnc(Cc2ccccc2Br)n1. The van der Waals surface area contributed by atoms with Crippen LogP contribution in [0.2, 0.25) is 0 Å². The van der Waals surface area contributed by atoms with Crippen molar-refractivity contribution >= 4 is 15.9 Å². The molecule has 1 aromatic carbocycles. The van der Waals surface area contributed by atoms with E-state index < -0.39 is 0 Å². The van der Waals surface area contributed by atoms with Crippen molar-refractivity contribution in [3.05, 3.63) is 58.1 Å². The van der Waals surface area contributed by atoms with Gasteiger partial charge in [-0.1, -0.05) is 34.1 Å². The predicted molar refractivity (Wildman–Crippen MR) is 85.6 cm³/mol. The molecule has 1 heterocycles. The molecule has 0 saturated heterocycles. The fourth-order valence-corrected chi connectivity index (χ4v) is 2.22. The van der Waals surface area contributed by atoms with Crippen LogP contribution in [0.5, 0.6) is 0 Å². The summed E-state index contributed by atoms with van der Waals surface area (Å²) in [7, 11) is 0. The summed E-state index contributed by atoms with van der Waals surface area (Å²) < 4.78 is 1.10. The minimum absolute atomic E-state index is 0.0908. The molecule has 0 atom stereocenters. The van der Waals surface area contributed by atoms with Crippen LogP contribution in [0, 0.1) is 0 Å². The van der Waals surface area contributed by atoms with Crippen molar-refractivity contribution in [1.29, 1.82) is 0 Å². The van der Waals surface area contributed by atoms with Crippen molar-refractivity contribution in [2.75, 3.05) is 0 Å². The van der Waals surface area contributed by atoms with E-state index in [0.717, 1.165) is 29.0 Å². The Morgan fingerprint density at radius 1 is 1.15 bits per heavy atom. The number of aromatic nitrogens is 2. The molecule has 2 aromatic rings. The lowest BCUT2D eigenvalue weighted by Gasteiger charge is -2.20. The highest BCUT2D eigenvalue weighted by Crippen LogP contribution is 2.18. The quantitative estimate of drug-likeness (QED) is 0.926. The van der Waals surface area contributed by atoms with Gasteiger partial charge in [0.15, 0.2) is 0 Å². The normalized spacial score (nSPS) is 11.6. The average Bonchev–Trinajstić information content (AvgIpc) is 2.39. The molecule has 0 saturated carbocycles. The fourth-order valence-electron chi connectivity index (χ4n) is 1.79. The van der Waals surface area contributed by atoms with Crippen molar-refractivity contribution < 1.29 is 0 Å². The van der Waals surface area contributed by atoms with E-state index >= 15 is 0 Å². The Kier molecular flexibility index (Phi) is 4.89. The van der Waals surface area contributed by atoms with E-state index in [1.165, 1.54) is 5.56 Å². The van der Waals surface area contributed by atoms with Gasteiger partial charge in [0.25, 0.3) is 0 Å². The van der Waals surface area contributed by atoms with Gasteiger partial charge in [0, 0.05) is 29.2 Å². The summed E-state index contributed by atoms with van der Waals surface area (Å²) in [5.74, 6) is 0.852. The first kappa shape index (κ1) is 15.1. The van der Waals surface area contributed by atoms with Crippen LogP contribution in [0.15, 0.2) is 41.0 Å². The summed E-state index contributed by atoms with van der Waals surface area (Å²) in [6, 6.07) is 10.1. The second kappa shape index (κ2) is 6.46. The largest absolute Gasteiger partial charge is 0.306 e. The van der Waals surface area contributed by atoms with Gasteiger partial charge in [-0.3, -0.25) is 0 Å². The number of nitrogens with zero attached hydrogens (tertiary/aromatic N) is 2. The van der Waals surface area contributed by atoms with Crippen LogP contribution in [-0.2, 0) is 13.0 Å². The number of hydrogen-bond acceptors (Lipinski definition) is 3. The molecule has 0 bridgehead atoms. The molecular formula is C16H20BrN3. The van der Waals surface area contributed by atoms with Gasteiger partial charge in [-0.2, -0.15) is 0 Å². The molecule has 0 unspecified atom stereocenters. The van der Waals surface area contributed by atoms with Crippen LogP contribution in [-0.4, -0.2) is 15.5 Å². The van der Waals surface area contributed by atoms with E-state index in [1.807, 2.05) is 30.5 Å². The lowest BCUT2D eigenvalue weighted by Crippen LogP contribution is -2.35. The molecule has 2 rings (SSSR count). The summed E-state index contributed by atoms with van der Waals surface area (Å²) in [6.07, 6.45) is 2.57. The third-order valence-electron chi connectivity index (χ3n) is 2.87. The number of nitrogens with one attached hydrogen (secondary N) is 1. The van der Waals surface area contributed by atoms with Gasteiger partial charge in [0.1, 0.15) is 5.82 Å². The third kappa shape index (κ3) is 4.69. The molecule has 4 heteroatoms. The summed E-state index contributed by atoms with van der Waals surface area (Å²) in [5, 5.41) is 3.44. The molecule has 0 aliphatic carbocycles. The smallest absolute Gasteiger partial charge is 0.132 e. The zero-order valence-corrected chi connectivity index (χ0v) is 13.7. The van der Waals surface area contributed by atoms with Crippen molar-refractivity contribution in [3.8, 4) is 0 Å². The van der Waals surface area contributed by atoms with Crippen molar-refractivity contribution in [3.63, 3.8) is 0 Å². The Bertz CT molecular complexity index is 576. The van der Waals surface area contributed by atoms with Crippen LogP contribution in [0.25, 0.3) is 0 Å². The van der Waals surface area contributed by atoms with Gasteiger partial charge >= 0.3 is 0 Å². The first-order valence-corrected chi connectivity index (χ1v) is 7.52. The standard InChI is InChI=1S/C16H20BrN3/c1-16(2,3)19-11-13-8-9-18-15(20-13)10-12-6-4-5-7-14(12)17/h4-9,19H,10-11H2,1-3H3. The van der Waals surface area contributed by atoms with Crippen LogP contribution in [0.4, 0.5) is 0 Å². The molecule has 106 valence electrons. The van der Waals surface area contributed by atoms with E-state index in [0.29, 0.717) is 0 Å². The van der Waals surface area contributed by atoms with Crippen LogP contribution in [0.3, 0.4) is 0 Å². The molecule has 0 amide bonds. The highest BCUT2D eigenvalue weighted by molar-refractivity contribution is 9.10. The zero-order valence-electron chi connectivity index (χ0n) is 12.2. The number of rotatable bonds is 4. The lowest BCUT2D eigenvalue weighted by atomic mass is 10.1. The van der Waals surface area contributed by atoms with Crippen molar-refractivity contribution in [2.45, 2.75) is 39.3 Å². The molecule has 0 radical (unpaired) electrons. The minimum atomic E-state index is 0.0908. The molecular weight excluding hydrogens is 314 g/mol. The monoisotopic (exact) mass is 333 g/mol. The Labute approximate surface area is 129 Å². The highest BCUT2D eigenvalue weighted by Gasteiger charge is 2.09. The van der Waals surface area contributed by atoms with Gasteiger partial charge in [-0.05, 0) is 38.5 Å². The Balaban J connectivity index is 2.08. The Hall–Kier alpha value is -1.26. The molecule has 1 N–H and O–H groups in total. The average molecular weight is 334 g/mol. The second-order valence-electron chi connectivity index (χ2n) is 5.84. The zero-order chi connectivity index (χ0) is 14.6. The lowest BCUT2D eigenvalue weighted by molar-refractivity contribution is 0.420. The van der Waals surface area contributed by atoms with Crippen molar-refractivity contribution in [2.24, 2.45) is 0 Å². The van der Waals surface area contributed by atoms with Crippen LogP contribution < -0.4 is 5.32 Å².